The van der Waals surface area contributed by atoms with Crippen LogP contribution in [0.3, 0.4) is 0 Å². The molecule has 0 radical (unpaired) electrons. The van der Waals surface area contributed by atoms with Crippen molar-refractivity contribution in [3.05, 3.63) is 66.2 Å². The van der Waals surface area contributed by atoms with Crippen molar-refractivity contribution in [3.8, 4) is 23.2 Å². The molecule has 0 aliphatic heterocycles. The lowest BCUT2D eigenvalue weighted by Gasteiger charge is -2.22. The number of carbonyl (C=O) groups excluding carboxylic acids is 1. The van der Waals surface area contributed by atoms with Gasteiger partial charge in [-0.15, -0.1) is 0 Å². The molecule has 3 N–H and O–H groups in total. The number of nitrogens with zero attached hydrogens (tertiary/aromatic N) is 5. The highest BCUT2D eigenvalue weighted by atomic mass is 19.3. The Morgan fingerprint density at radius 1 is 1.18 bits per heavy atom. The lowest BCUT2D eigenvalue weighted by atomic mass is 10.0. The van der Waals surface area contributed by atoms with E-state index < -0.39 is 37.3 Å². The first-order valence-electron chi connectivity index (χ1n) is 11.7. The largest absolute Gasteiger partial charge is 0.486 e. The van der Waals surface area contributed by atoms with Crippen molar-refractivity contribution in [2.75, 3.05) is 18.5 Å². The van der Waals surface area contributed by atoms with Crippen LogP contribution in [0.4, 0.5) is 24.5 Å². The molecule has 202 valence electrons. The van der Waals surface area contributed by atoms with Gasteiger partial charge in [-0.2, -0.15) is 10.4 Å². The highest BCUT2D eigenvalue weighted by molar-refractivity contribution is 6.00. The zero-order valence-electron chi connectivity index (χ0n) is 20.9. The highest BCUT2D eigenvalue weighted by Crippen LogP contribution is 2.28. The van der Waals surface area contributed by atoms with Gasteiger partial charge >= 0.3 is 0 Å². The summed E-state index contributed by atoms with van der Waals surface area (Å²) in [5.74, 6) is -0.584. The minimum Gasteiger partial charge on any atom is -0.486 e. The maximum absolute atomic E-state index is 14.3. The molecule has 1 atom stereocenters. The summed E-state index contributed by atoms with van der Waals surface area (Å²) in [4.78, 5) is 21.4. The molecule has 4 rings (SSSR count). The number of hydrogen-bond donors (Lipinski definition) is 3. The summed E-state index contributed by atoms with van der Waals surface area (Å²) in [6.07, 6.45) is 0.972. The average Bonchev–Trinajstić information content (AvgIpc) is 3.33. The predicted molar refractivity (Wildman–Crippen MR) is 136 cm³/mol. The topological polar surface area (TPSA) is 137 Å². The van der Waals surface area contributed by atoms with Crippen molar-refractivity contribution in [2.45, 2.75) is 32.0 Å². The number of carbonyl (C=O) groups is 1. The van der Waals surface area contributed by atoms with Crippen LogP contribution in [0.15, 0.2) is 55.1 Å². The summed E-state index contributed by atoms with van der Waals surface area (Å²) in [5.41, 5.74) is 0.948. The van der Waals surface area contributed by atoms with Crippen molar-refractivity contribution in [1.29, 1.82) is 5.26 Å². The van der Waals surface area contributed by atoms with Gasteiger partial charge in [0.1, 0.15) is 24.6 Å². The normalized spacial score (nSPS) is 12.3. The summed E-state index contributed by atoms with van der Waals surface area (Å²) in [6, 6.07) is 10.2. The van der Waals surface area contributed by atoms with Crippen molar-refractivity contribution in [1.82, 2.24) is 24.9 Å². The molecule has 0 aliphatic rings. The van der Waals surface area contributed by atoms with E-state index in [0.29, 0.717) is 28.2 Å². The molecule has 4 heterocycles. The molecule has 4 aromatic rings. The molecule has 0 bridgehead atoms. The summed E-state index contributed by atoms with van der Waals surface area (Å²) in [6.45, 7) is 1.32. The van der Waals surface area contributed by atoms with E-state index in [-0.39, 0.29) is 17.0 Å². The molecule has 1 amide bonds. The van der Waals surface area contributed by atoms with Gasteiger partial charge in [0.2, 0.25) is 0 Å². The standard InChI is InChI=1S/C26H24F3N7O3/c1-26(2,38)23(27)13-33-25(37)19-12-32-21(22-4-3-17-5-15(8-30)9-34-36(17)22)7-20(19)35-16-6-18(11-31-10-16)39-14-24(28)29/h3-7,9-12,23-24,38H,13-14H2,1-2H3,(H,32,35)(H,33,37)/t23-/m1/s1. The Balaban J connectivity index is 1.69. The van der Waals surface area contributed by atoms with Gasteiger partial charge in [0.25, 0.3) is 12.3 Å². The van der Waals surface area contributed by atoms with Crippen LogP contribution < -0.4 is 15.4 Å². The van der Waals surface area contributed by atoms with Gasteiger partial charge in [0.15, 0.2) is 0 Å². The number of pyridine rings is 2. The van der Waals surface area contributed by atoms with E-state index in [9.17, 15) is 23.1 Å². The van der Waals surface area contributed by atoms with E-state index in [1.165, 1.54) is 44.7 Å². The van der Waals surface area contributed by atoms with Crippen LogP contribution in [-0.2, 0) is 0 Å². The number of aliphatic hydroxyl groups is 1. The first-order valence-corrected chi connectivity index (χ1v) is 11.7. The Morgan fingerprint density at radius 3 is 2.69 bits per heavy atom. The SMILES string of the molecule is CC(C)(O)[C@H](F)CNC(=O)c1cnc(-c2ccc3cc(C#N)cnn23)cc1Nc1cncc(OCC(F)F)c1. The second kappa shape index (κ2) is 11.4. The maximum Gasteiger partial charge on any atom is 0.272 e. The fraction of sp³-hybridized carbons (Fsp3) is 0.269. The molecule has 13 heteroatoms. The Labute approximate surface area is 221 Å². The number of alkyl halides is 3. The number of hydrogen-bond acceptors (Lipinski definition) is 8. The Bertz CT molecular complexity index is 1530. The molecule has 39 heavy (non-hydrogen) atoms. The lowest BCUT2D eigenvalue weighted by molar-refractivity contribution is -0.00177. The molecule has 0 saturated carbocycles. The van der Waals surface area contributed by atoms with E-state index >= 15 is 0 Å². The number of anilines is 2. The number of nitriles is 1. The quantitative estimate of drug-likeness (QED) is 0.276. The molecular formula is C26H24F3N7O3. The first kappa shape index (κ1) is 27.3. The molecule has 0 fully saturated rings. The second-order valence-electron chi connectivity index (χ2n) is 9.09. The zero-order chi connectivity index (χ0) is 28.2. The summed E-state index contributed by atoms with van der Waals surface area (Å²) >= 11 is 0. The Morgan fingerprint density at radius 2 is 1.97 bits per heavy atom. The highest BCUT2D eigenvalue weighted by Gasteiger charge is 2.27. The number of halogens is 3. The summed E-state index contributed by atoms with van der Waals surface area (Å²) in [5, 5.41) is 28.7. The number of fused-ring (bicyclic) bond motifs is 1. The molecule has 0 saturated heterocycles. The number of rotatable bonds is 10. The van der Waals surface area contributed by atoms with Crippen LogP contribution in [-0.4, -0.2) is 61.9 Å². The van der Waals surface area contributed by atoms with Gasteiger partial charge < -0.3 is 20.5 Å². The fourth-order valence-corrected chi connectivity index (χ4v) is 3.54. The molecule has 0 aliphatic carbocycles. The fourth-order valence-electron chi connectivity index (χ4n) is 3.54. The van der Waals surface area contributed by atoms with Crippen LogP contribution >= 0.6 is 0 Å². The third-order valence-electron chi connectivity index (χ3n) is 5.62. The van der Waals surface area contributed by atoms with Crippen molar-refractivity contribution in [2.24, 2.45) is 0 Å². The van der Waals surface area contributed by atoms with Gasteiger partial charge in [-0.3, -0.25) is 14.8 Å². The molecule has 0 unspecified atom stereocenters. The zero-order valence-corrected chi connectivity index (χ0v) is 20.9. The molecule has 10 nitrogen and oxygen atoms in total. The number of ether oxygens (including phenoxy) is 1. The number of aromatic nitrogens is 4. The van der Waals surface area contributed by atoms with Gasteiger partial charge in [0.05, 0.1) is 70.1 Å². The van der Waals surface area contributed by atoms with E-state index in [1.807, 2.05) is 6.07 Å². The third kappa shape index (κ3) is 6.60. The predicted octanol–water partition coefficient (Wildman–Crippen LogP) is 3.89. The van der Waals surface area contributed by atoms with E-state index in [0.717, 1.165) is 0 Å². The summed E-state index contributed by atoms with van der Waals surface area (Å²) < 4.78 is 46.0. The average molecular weight is 540 g/mol. The molecule has 0 spiro atoms. The minimum absolute atomic E-state index is 0.0428. The van der Waals surface area contributed by atoms with E-state index in [4.69, 9.17) is 10.00 Å². The maximum atomic E-state index is 14.3. The number of nitrogens with one attached hydrogen (secondary N) is 2. The Kier molecular flexibility index (Phi) is 7.96. The van der Waals surface area contributed by atoms with Crippen LogP contribution in [0.25, 0.3) is 16.9 Å². The number of amides is 1. The molecular weight excluding hydrogens is 515 g/mol. The van der Waals surface area contributed by atoms with Gasteiger partial charge in [-0.05, 0) is 38.1 Å². The van der Waals surface area contributed by atoms with Crippen LogP contribution in [0.2, 0.25) is 0 Å². The van der Waals surface area contributed by atoms with Gasteiger partial charge in [0, 0.05) is 12.3 Å². The van der Waals surface area contributed by atoms with Gasteiger partial charge in [-0.1, -0.05) is 0 Å². The molecule has 0 aromatic carbocycles. The first-order chi connectivity index (χ1) is 18.5. The van der Waals surface area contributed by atoms with E-state index in [1.54, 1.807) is 28.8 Å². The van der Waals surface area contributed by atoms with Crippen molar-refractivity contribution >= 4 is 22.8 Å². The van der Waals surface area contributed by atoms with Gasteiger partial charge in [-0.25, -0.2) is 17.7 Å². The van der Waals surface area contributed by atoms with Crippen LogP contribution in [0, 0.1) is 11.3 Å². The van der Waals surface area contributed by atoms with Crippen LogP contribution in [0.1, 0.15) is 29.8 Å². The second-order valence-corrected chi connectivity index (χ2v) is 9.09. The Hall–Kier alpha value is -4.70. The van der Waals surface area contributed by atoms with E-state index in [2.05, 4.69) is 25.7 Å². The minimum atomic E-state index is -2.67. The summed E-state index contributed by atoms with van der Waals surface area (Å²) in [7, 11) is 0. The van der Waals surface area contributed by atoms with Crippen molar-refractivity contribution in [3.63, 3.8) is 0 Å². The van der Waals surface area contributed by atoms with Crippen LogP contribution in [0.5, 0.6) is 5.75 Å². The third-order valence-corrected chi connectivity index (χ3v) is 5.62. The monoisotopic (exact) mass is 539 g/mol. The smallest absolute Gasteiger partial charge is 0.272 e. The molecule has 4 aromatic heterocycles. The lowest BCUT2D eigenvalue weighted by Crippen LogP contribution is -2.42. The van der Waals surface area contributed by atoms with Crippen molar-refractivity contribution < 1.29 is 27.8 Å².